The summed E-state index contributed by atoms with van der Waals surface area (Å²) < 4.78 is 8.91. The van der Waals surface area contributed by atoms with Crippen LogP contribution in [0.1, 0.15) is 58.1 Å². The van der Waals surface area contributed by atoms with Crippen molar-refractivity contribution in [2.24, 2.45) is 24.3 Å². The second kappa shape index (κ2) is 8.64. The Labute approximate surface area is 210 Å². The number of aromatic nitrogens is 2. The van der Waals surface area contributed by atoms with Crippen LogP contribution in [0.15, 0.2) is 35.1 Å². The lowest BCUT2D eigenvalue weighted by Gasteiger charge is -2.60. The minimum absolute atomic E-state index is 0.0763. The molecular formula is C27H34N4O5. The summed E-state index contributed by atoms with van der Waals surface area (Å²) in [4.78, 5) is 51.6. The molecule has 6 rings (SSSR count). The average molecular weight is 495 g/mol. The lowest BCUT2D eigenvalue weighted by Crippen LogP contribution is -2.65. The largest absolute Gasteiger partial charge is 0.452 e. The quantitative estimate of drug-likeness (QED) is 0.600. The van der Waals surface area contributed by atoms with Gasteiger partial charge in [0.2, 0.25) is 5.91 Å². The van der Waals surface area contributed by atoms with Crippen LogP contribution in [0.5, 0.6) is 0 Å². The summed E-state index contributed by atoms with van der Waals surface area (Å²) in [6.07, 6.45) is 3.83. The number of esters is 1. The van der Waals surface area contributed by atoms with Crippen LogP contribution < -0.4 is 16.2 Å². The van der Waals surface area contributed by atoms with E-state index in [0.29, 0.717) is 29.6 Å². The zero-order valence-corrected chi connectivity index (χ0v) is 21.3. The van der Waals surface area contributed by atoms with Crippen LogP contribution in [-0.2, 0) is 26.2 Å². The van der Waals surface area contributed by atoms with E-state index in [0.717, 1.165) is 32.1 Å². The highest BCUT2D eigenvalue weighted by Crippen LogP contribution is 2.62. The monoisotopic (exact) mass is 494 g/mol. The van der Waals surface area contributed by atoms with E-state index >= 15 is 0 Å². The van der Waals surface area contributed by atoms with Crippen LogP contribution in [0.2, 0.25) is 0 Å². The number of para-hydroxylation sites is 1. The van der Waals surface area contributed by atoms with Crippen molar-refractivity contribution in [3.05, 3.63) is 46.4 Å². The van der Waals surface area contributed by atoms with E-state index in [2.05, 4.69) is 10.6 Å². The highest BCUT2D eigenvalue weighted by Gasteiger charge is 2.61. The number of benzene rings is 1. The lowest BCUT2D eigenvalue weighted by atomic mass is 9.47. The maximum atomic E-state index is 13.5. The Morgan fingerprint density at radius 2 is 1.72 bits per heavy atom. The highest BCUT2D eigenvalue weighted by atomic mass is 16.5. The second-order valence-electron chi connectivity index (χ2n) is 11.2. The van der Waals surface area contributed by atoms with Gasteiger partial charge in [0, 0.05) is 19.5 Å². The van der Waals surface area contributed by atoms with Crippen LogP contribution in [0.4, 0.5) is 5.69 Å². The molecule has 1 aromatic carbocycles. The van der Waals surface area contributed by atoms with Crippen molar-refractivity contribution in [1.29, 1.82) is 0 Å². The molecule has 4 aliphatic rings. The Morgan fingerprint density at radius 3 is 2.33 bits per heavy atom. The Balaban J connectivity index is 1.31. The summed E-state index contributed by atoms with van der Waals surface area (Å²) in [6, 6.07) is 9.17. The van der Waals surface area contributed by atoms with E-state index in [9.17, 15) is 19.2 Å². The summed E-state index contributed by atoms with van der Waals surface area (Å²) in [5.74, 6) is -0.250. The molecule has 2 amide bonds. The molecule has 2 N–H and O–H groups in total. The minimum Gasteiger partial charge on any atom is -0.452 e. The van der Waals surface area contributed by atoms with Crippen molar-refractivity contribution in [3.63, 3.8) is 0 Å². The van der Waals surface area contributed by atoms with Gasteiger partial charge >= 0.3 is 5.97 Å². The van der Waals surface area contributed by atoms with E-state index in [1.165, 1.54) is 18.5 Å². The third kappa shape index (κ3) is 4.04. The van der Waals surface area contributed by atoms with E-state index in [4.69, 9.17) is 4.74 Å². The number of hydrogen-bond donors (Lipinski definition) is 2. The van der Waals surface area contributed by atoms with E-state index in [-0.39, 0.29) is 28.7 Å². The van der Waals surface area contributed by atoms with Gasteiger partial charge in [-0.15, -0.1) is 0 Å². The first-order chi connectivity index (χ1) is 17.0. The Kier molecular flexibility index (Phi) is 5.84. The zero-order valence-electron chi connectivity index (χ0n) is 21.3. The topological polar surface area (TPSA) is 111 Å². The van der Waals surface area contributed by atoms with Gasteiger partial charge < -0.3 is 15.4 Å². The van der Waals surface area contributed by atoms with Crippen molar-refractivity contribution >= 4 is 23.5 Å². The summed E-state index contributed by atoms with van der Waals surface area (Å²) in [6.45, 7) is 4.81. The first kappa shape index (κ1) is 24.3. The molecule has 3 atom stereocenters. The van der Waals surface area contributed by atoms with Crippen LogP contribution in [0.25, 0.3) is 5.69 Å². The molecule has 4 aliphatic carbocycles. The fourth-order valence-electron chi connectivity index (χ4n) is 7.30. The number of hydrogen-bond acceptors (Lipinski definition) is 5. The number of anilines is 1. The molecule has 9 heteroatoms. The minimum atomic E-state index is -1.06. The number of nitrogens with one attached hydrogen (secondary N) is 2. The normalized spacial score (nSPS) is 29.0. The standard InChI is InChI=1S/C27H34N4O5/c1-16-22(24(34)31(30(16)4)21-8-6-5-7-9-21)28-23(33)17(2)36-25(35)26-11-19-10-20(12-26)14-27(13-19,15-26)29-18(3)32/h5-9,17,19-20H,10-15H2,1-4H3,(H,28,33)(H,29,32)/t17-,19-,20-,26?,27?/m0/s1. The predicted octanol–water partition coefficient (Wildman–Crippen LogP) is 2.83. The number of carbonyl (C=O) groups is 3. The molecule has 9 nitrogen and oxygen atoms in total. The van der Waals surface area contributed by atoms with Gasteiger partial charge in [0.1, 0.15) is 5.69 Å². The summed E-state index contributed by atoms with van der Waals surface area (Å²) in [5.41, 5.74) is 0.0468. The fourth-order valence-corrected chi connectivity index (χ4v) is 7.30. The molecule has 0 radical (unpaired) electrons. The molecule has 2 aromatic rings. The number of nitrogens with zero attached hydrogens (tertiary/aromatic N) is 2. The summed E-state index contributed by atoms with van der Waals surface area (Å²) in [5, 5.41) is 5.84. The second-order valence-corrected chi connectivity index (χ2v) is 11.2. The van der Waals surface area contributed by atoms with Crippen molar-refractivity contribution in [3.8, 4) is 5.69 Å². The molecule has 0 saturated heterocycles. The van der Waals surface area contributed by atoms with Gasteiger partial charge in [-0.3, -0.25) is 23.9 Å². The van der Waals surface area contributed by atoms with Crippen LogP contribution in [0, 0.1) is 24.2 Å². The molecule has 4 saturated carbocycles. The van der Waals surface area contributed by atoms with Gasteiger partial charge in [-0.05, 0) is 76.3 Å². The van der Waals surface area contributed by atoms with Crippen molar-refractivity contribution in [2.45, 2.75) is 70.9 Å². The number of carbonyl (C=O) groups excluding carboxylic acids is 3. The average Bonchev–Trinajstić information content (AvgIpc) is 3.00. The molecule has 4 bridgehead atoms. The van der Waals surface area contributed by atoms with Crippen LogP contribution in [-0.4, -0.2) is 38.8 Å². The first-order valence-electron chi connectivity index (χ1n) is 12.7. The van der Waals surface area contributed by atoms with Crippen molar-refractivity contribution in [2.75, 3.05) is 5.32 Å². The number of ether oxygens (including phenoxy) is 1. The van der Waals surface area contributed by atoms with Crippen LogP contribution >= 0.6 is 0 Å². The van der Waals surface area contributed by atoms with Gasteiger partial charge in [0.05, 0.1) is 16.8 Å². The maximum Gasteiger partial charge on any atom is 0.312 e. The third-order valence-electron chi connectivity index (χ3n) is 8.39. The van der Waals surface area contributed by atoms with Gasteiger partial charge in [0.25, 0.3) is 11.5 Å². The van der Waals surface area contributed by atoms with E-state index < -0.39 is 17.4 Å². The molecule has 0 unspecified atom stereocenters. The number of amides is 2. The Morgan fingerprint density at radius 1 is 1.08 bits per heavy atom. The summed E-state index contributed by atoms with van der Waals surface area (Å²) in [7, 11) is 1.75. The predicted molar refractivity (Wildman–Crippen MR) is 134 cm³/mol. The molecule has 192 valence electrons. The lowest BCUT2D eigenvalue weighted by molar-refractivity contribution is -0.181. The molecule has 1 aromatic heterocycles. The first-order valence-corrected chi connectivity index (χ1v) is 12.7. The molecule has 0 aliphatic heterocycles. The Bertz CT molecular complexity index is 1260. The fraction of sp³-hybridized carbons (Fsp3) is 0.556. The van der Waals surface area contributed by atoms with Crippen molar-refractivity contribution < 1.29 is 19.1 Å². The molecule has 36 heavy (non-hydrogen) atoms. The maximum absolute atomic E-state index is 13.5. The molecule has 1 heterocycles. The van der Waals surface area contributed by atoms with Crippen molar-refractivity contribution in [1.82, 2.24) is 14.7 Å². The van der Waals surface area contributed by atoms with Gasteiger partial charge in [-0.25, -0.2) is 4.68 Å². The van der Waals surface area contributed by atoms with Gasteiger partial charge in [-0.2, -0.15) is 0 Å². The van der Waals surface area contributed by atoms with E-state index in [1.54, 1.807) is 18.7 Å². The summed E-state index contributed by atoms with van der Waals surface area (Å²) >= 11 is 0. The van der Waals surface area contributed by atoms with E-state index in [1.807, 2.05) is 30.3 Å². The molecule has 4 fully saturated rings. The molecular weight excluding hydrogens is 460 g/mol. The Hall–Kier alpha value is -3.36. The highest BCUT2D eigenvalue weighted by molar-refractivity contribution is 5.96. The third-order valence-corrected chi connectivity index (χ3v) is 8.39. The smallest absolute Gasteiger partial charge is 0.312 e. The number of rotatable bonds is 6. The van der Waals surface area contributed by atoms with Gasteiger partial charge in [-0.1, -0.05) is 18.2 Å². The SMILES string of the molecule is CC(=O)NC12C[C@H]3C[C@H](C1)CC(C(=O)O[C@@H](C)C(=O)Nc1c(C)n(C)n(-c4ccccc4)c1=O)(C3)C2. The van der Waals surface area contributed by atoms with Crippen LogP contribution in [0.3, 0.4) is 0 Å². The molecule has 0 spiro atoms. The zero-order chi connectivity index (χ0) is 25.8. The van der Waals surface area contributed by atoms with Gasteiger partial charge in [0.15, 0.2) is 6.10 Å².